The van der Waals surface area contributed by atoms with Crippen molar-refractivity contribution in [2.24, 2.45) is 7.05 Å². The first-order valence-electron chi connectivity index (χ1n) is 8.02. The van der Waals surface area contributed by atoms with Gasteiger partial charge in [-0.3, -0.25) is 9.59 Å². The Morgan fingerprint density at radius 3 is 2.64 bits per heavy atom. The molecule has 0 aliphatic heterocycles. The standard InChI is InChI=1S/C17H21N5O2S/c1-6-7-12(8-18)20-15(23)14-11(4)19-16(25-14)13-9(2)10(3)21-22(5)17(13)24/h12H,6-7H2,1-5H3,(H,20,23)/t12-/m1/s1. The zero-order chi connectivity index (χ0) is 18.7. The summed E-state index contributed by atoms with van der Waals surface area (Å²) in [7, 11) is 1.59. The molecule has 0 aliphatic rings. The molecule has 0 fully saturated rings. The van der Waals surface area contributed by atoms with Crippen molar-refractivity contribution in [2.45, 2.75) is 46.6 Å². The second-order valence-corrected chi connectivity index (χ2v) is 6.89. The van der Waals surface area contributed by atoms with Gasteiger partial charge in [0.1, 0.15) is 15.9 Å². The Bertz CT molecular complexity index is 907. The molecule has 0 aromatic carbocycles. The minimum Gasteiger partial charge on any atom is -0.336 e. The topological polar surface area (TPSA) is 101 Å². The Kier molecular flexibility index (Phi) is 5.69. The molecule has 0 bridgehead atoms. The van der Waals surface area contributed by atoms with E-state index >= 15 is 0 Å². The van der Waals surface area contributed by atoms with Crippen LogP contribution >= 0.6 is 11.3 Å². The van der Waals surface area contributed by atoms with E-state index in [2.05, 4.69) is 21.5 Å². The maximum Gasteiger partial charge on any atom is 0.277 e. The van der Waals surface area contributed by atoms with E-state index in [1.165, 1.54) is 4.68 Å². The molecular weight excluding hydrogens is 338 g/mol. The minimum atomic E-state index is -0.528. The molecule has 1 atom stereocenters. The molecule has 0 aliphatic carbocycles. The molecule has 1 amide bonds. The second kappa shape index (κ2) is 7.57. The van der Waals surface area contributed by atoms with Gasteiger partial charge in [0, 0.05) is 7.05 Å². The first-order chi connectivity index (χ1) is 11.8. The second-order valence-electron chi connectivity index (χ2n) is 5.89. The summed E-state index contributed by atoms with van der Waals surface area (Å²) in [4.78, 5) is 29.8. The van der Waals surface area contributed by atoms with Crippen molar-refractivity contribution in [1.29, 1.82) is 5.26 Å². The predicted octanol–water partition coefficient (Wildman–Crippen LogP) is 2.25. The van der Waals surface area contributed by atoms with Gasteiger partial charge in [0.25, 0.3) is 11.5 Å². The van der Waals surface area contributed by atoms with E-state index in [1.807, 2.05) is 20.8 Å². The highest BCUT2D eigenvalue weighted by Gasteiger charge is 2.22. The summed E-state index contributed by atoms with van der Waals surface area (Å²) in [6.07, 6.45) is 1.40. The van der Waals surface area contributed by atoms with Gasteiger partial charge >= 0.3 is 0 Å². The van der Waals surface area contributed by atoms with Crippen molar-refractivity contribution in [3.05, 3.63) is 32.2 Å². The lowest BCUT2D eigenvalue weighted by atomic mass is 10.1. The first kappa shape index (κ1) is 18.8. The van der Waals surface area contributed by atoms with E-state index in [-0.39, 0.29) is 11.5 Å². The maximum absolute atomic E-state index is 12.5. The minimum absolute atomic E-state index is 0.246. The van der Waals surface area contributed by atoms with E-state index in [0.717, 1.165) is 29.0 Å². The summed E-state index contributed by atoms with van der Waals surface area (Å²) in [5.74, 6) is -0.332. The lowest BCUT2D eigenvalue weighted by Gasteiger charge is -2.09. The van der Waals surface area contributed by atoms with Crippen LogP contribution in [0.15, 0.2) is 4.79 Å². The van der Waals surface area contributed by atoms with Crippen LogP contribution < -0.4 is 10.9 Å². The van der Waals surface area contributed by atoms with Crippen molar-refractivity contribution in [3.8, 4) is 16.6 Å². The van der Waals surface area contributed by atoms with E-state index in [4.69, 9.17) is 5.26 Å². The van der Waals surface area contributed by atoms with Crippen LogP contribution in [-0.4, -0.2) is 26.7 Å². The van der Waals surface area contributed by atoms with Crippen LogP contribution in [0.5, 0.6) is 0 Å². The zero-order valence-corrected chi connectivity index (χ0v) is 15.8. The highest BCUT2D eigenvalue weighted by Crippen LogP contribution is 2.28. The summed E-state index contributed by atoms with van der Waals surface area (Å²) in [6.45, 7) is 7.33. The molecule has 2 aromatic rings. The fraction of sp³-hybridized carbons (Fsp3) is 0.471. The Hall–Kier alpha value is -2.53. The van der Waals surface area contributed by atoms with Gasteiger partial charge in [-0.05, 0) is 32.8 Å². The Labute approximate surface area is 150 Å². The number of nitriles is 1. The maximum atomic E-state index is 12.5. The fourth-order valence-corrected chi connectivity index (χ4v) is 3.56. The van der Waals surface area contributed by atoms with E-state index in [9.17, 15) is 9.59 Å². The number of hydrogen-bond donors (Lipinski definition) is 1. The first-order valence-corrected chi connectivity index (χ1v) is 8.84. The lowest BCUT2D eigenvalue weighted by molar-refractivity contribution is 0.0947. The van der Waals surface area contributed by atoms with E-state index in [1.54, 1.807) is 14.0 Å². The monoisotopic (exact) mass is 359 g/mol. The third kappa shape index (κ3) is 3.77. The van der Waals surface area contributed by atoms with E-state index in [0.29, 0.717) is 27.6 Å². The van der Waals surface area contributed by atoms with Gasteiger partial charge in [-0.2, -0.15) is 10.4 Å². The highest BCUT2D eigenvalue weighted by atomic mass is 32.1. The predicted molar refractivity (Wildman–Crippen MR) is 96.6 cm³/mol. The number of rotatable bonds is 5. The van der Waals surface area contributed by atoms with Crippen molar-refractivity contribution in [2.75, 3.05) is 0 Å². The number of carbonyl (C=O) groups excluding carboxylic acids is 1. The molecule has 2 rings (SSSR count). The molecule has 1 N–H and O–H groups in total. The molecule has 0 spiro atoms. The highest BCUT2D eigenvalue weighted by molar-refractivity contribution is 7.17. The molecule has 2 aromatic heterocycles. The number of aryl methyl sites for hydroxylation is 3. The quantitative estimate of drug-likeness (QED) is 0.882. The zero-order valence-electron chi connectivity index (χ0n) is 15.0. The fourth-order valence-electron chi connectivity index (χ4n) is 2.50. The van der Waals surface area contributed by atoms with E-state index < -0.39 is 6.04 Å². The smallest absolute Gasteiger partial charge is 0.277 e. The third-order valence-corrected chi connectivity index (χ3v) is 5.15. The van der Waals surface area contributed by atoms with Crippen molar-refractivity contribution >= 4 is 17.2 Å². The number of amides is 1. The number of nitrogens with one attached hydrogen (secondary N) is 1. The Balaban J connectivity index is 2.44. The van der Waals surface area contributed by atoms with Crippen LogP contribution in [0.4, 0.5) is 0 Å². The number of hydrogen-bond acceptors (Lipinski definition) is 6. The van der Waals surface area contributed by atoms with Crippen LogP contribution in [0.1, 0.15) is 46.4 Å². The number of aromatic nitrogens is 3. The van der Waals surface area contributed by atoms with Crippen LogP contribution in [0.2, 0.25) is 0 Å². The largest absolute Gasteiger partial charge is 0.336 e. The average Bonchev–Trinajstić information content (AvgIpc) is 2.94. The van der Waals surface area contributed by atoms with Crippen molar-refractivity contribution < 1.29 is 4.79 Å². The molecule has 2 heterocycles. The average molecular weight is 359 g/mol. The third-order valence-electron chi connectivity index (χ3n) is 3.98. The summed E-state index contributed by atoms with van der Waals surface area (Å²) in [6, 6.07) is 1.56. The van der Waals surface area contributed by atoms with Gasteiger partial charge in [0.15, 0.2) is 0 Å². The number of nitrogens with zero attached hydrogens (tertiary/aromatic N) is 4. The van der Waals surface area contributed by atoms with Gasteiger partial charge < -0.3 is 5.32 Å². The molecule has 25 heavy (non-hydrogen) atoms. The van der Waals surface area contributed by atoms with Crippen LogP contribution in [0.3, 0.4) is 0 Å². The SMILES string of the molecule is CCC[C@H](C#N)NC(=O)c1sc(-c2c(C)c(C)nn(C)c2=O)nc1C. The molecule has 0 unspecified atom stereocenters. The molecule has 8 heteroatoms. The molecule has 0 radical (unpaired) electrons. The lowest BCUT2D eigenvalue weighted by Crippen LogP contribution is -2.33. The van der Waals surface area contributed by atoms with Crippen LogP contribution in [0.25, 0.3) is 10.6 Å². The van der Waals surface area contributed by atoms with Crippen LogP contribution in [-0.2, 0) is 7.05 Å². The summed E-state index contributed by atoms with van der Waals surface area (Å²) < 4.78 is 1.28. The summed E-state index contributed by atoms with van der Waals surface area (Å²) >= 11 is 1.16. The van der Waals surface area contributed by atoms with Gasteiger partial charge in [-0.15, -0.1) is 11.3 Å². The normalized spacial score (nSPS) is 11.8. The van der Waals surface area contributed by atoms with Gasteiger partial charge in [-0.1, -0.05) is 13.3 Å². The molecule has 7 nitrogen and oxygen atoms in total. The van der Waals surface area contributed by atoms with Crippen molar-refractivity contribution in [3.63, 3.8) is 0 Å². The molecule has 132 valence electrons. The van der Waals surface area contributed by atoms with Crippen LogP contribution in [0, 0.1) is 32.1 Å². The van der Waals surface area contributed by atoms with Gasteiger partial charge in [-0.25, -0.2) is 9.67 Å². The summed E-state index contributed by atoms with van der Waals surface area (Å²) in [5, 5.41) is 16.5. The van der Waals surface area contributed by atoms with Gasteiger partial charge in [0.2, 0.25) is 0 Å². The Morgan fingerprint density at radius 2 is 2.04 bits per heavy atom. The van der Waals surface area contributed by atoms with Gasteiger partial charge in [0.05, 0.1) is 23.0 Å². The summed E-state index contributed by atoms with van der Waals surface area (Å²) in [5.41, 5.74) is 2.26. The number of thiazole rings is 1. The molecule has 0 saturated heterocycles. The molecular formula is C17H21N5O2S. The van der Waals surface area contributed by atoms with Crippen molar-refractivity contribution in [1.82, 2.24) is 20.1 Å². The number of carbonyl (C=O) groups is 1. The Morgan fingerprint density at radius 1 is 1.36 bits per heavy atom. The molecule has 0 saturated carbocycles.